The highest BCUT2D eigenvalue weighted by Crippen LogP contribution is 2.20. The Morgan fingerprint density at radius 3 is 1.84 bits per heavy atom. The number of hydrogen-bond donors (Lipinski definition) is 8. The van der Waals surface area contributed by atoms with Gasteiger partial charge in [-0.1, -0.05) is 49.4 Å². The lowest BCUT2D eigenvalue weighted by Gasteiger charge is -2.30. The molecule has 0 saturated carbocycles. The minimum Gasteiger partial charge on any atom is -0.370 e. The van der Waals surface area contributed by atoms with Crippen LogP contribution in [0.3, 0.4) is 0 Å². The maximum absolute atomic E-state index is 14.5. The Labute approximate surface area is 395 Å². The maximum atomic E-state index is 14.5. The number of carbonyl (C=O) groups is 6. The third-order valence-electron chi connectivity index (χ3n) is 10.9. The second kappa shape index (κ2) is 26.9. The molecule has 0 fully saturated rings. The van der Waals surface area contributed by atoms with Crippen LogP contribution in [0.2, 0.25) is 0 Å². The first-order valence-electron chi connectivity index (χ1n) is 22.5. The Morgan fingerprint density at radius 1 is 0.672 bits per heavy atom. The minimum absolute atomic E-state index is 0.0399. The van der Waals surface area contributed by atoms with Gasteiger partial charge in [-0.25, -0.2) is 0 Å². The molecule has 0 bridgehead atoms. The molecule has 3 heterocycles. The van der Waals surface area contributed by atoms with E-state index in [2.05, 4.69) is 48.5 Å². The van der Waals surface area contributed by atoms with Gasteiger partial charge in [-0.05, 0) is 67.1 Å². The number of amides is 6. The van der Waals surface area contributed by atoms with Crippen molar-refractivity contribution in [3.05, 3.63) is 102 Å². The van der Waals surface area contributed by atoms with E-state index in [0.717, 1.165) is 39.4 Å². The van der Waals surface area contributed by atoms with Crippen molar-refractivity contribution >= 4 is 75.8 Å². The lowest BCUT2D eigenvalue weighted by molar-refractivity contribution is -0.145. The highest BCUT2D eigenvalue weighted by Gasteiger charge is 2.27. The van der Waals surface area contributed by atoms with Gasteiger partial charge in [0, 0.05) is 91.6 Å². The molecule has 0 atom stereocenters. The Hall–Kier alpha value is -6.93. The lowest BCUT2D eigenvalue weighted by atomic mass is 10.1. The number of H-pyrrole nitrogens is 2. The molecule has 0 unspecified atom stereocenters. The predicted octanol–water partition coefficient (Wildman–Crippen LogP) is 1.17. The standard InChI is InChI=1S/C47H63N13O6S/c1-2-16-50-27-43(63)58(21-14-35-25-54-39-12-5-3-10-37(35)39)30-42(62)56-28-44(64)57(20-8-18-53-47(48)49)32-45(65)59(22-15-36-26-55-40-13-6-4-11-38(36)40)33-46(66)60(31-41(61)52-19-23-67)29-34-9-7-17-51-24-34/h3-7,9-13,17,24-26,50,54-55,67H,2,8,14-16,18-23,27-33H2,1H3,(H,52,61)(H,56,62)(H4,48,49,53). The van der Waals surface area contributed by atoms with Crippen molar-refractivity contribution in [1.82, 2.24) is 50.5 Å². The molecule has 0 aliphatic heterocycles. The number of aromatic amines is 2. The highest BCUT2D eigenvalue weighted by atomic mass is 32.1. The Bertz CT molecular complexity index is 2440. The van der Waals surface area contributed by atoms with Crippen LogP contribution in [-0.4, -0.2) is 160 Å². The van der Waals surface area contributed by atoms with Crippen LogP contribution in [0.1, 0.15) is 36.5 Å². The summed E-state index contributed by atoms with van der Waals surface area (Å²) in [5.41, 5.74) is 15.6. The van der Waals surface area contributed by atoms with Gasteiger partial charge < -0.3 is 57.0 Å². The largest absolute Gasteiger partial charge is 0.370 e. The first-order chi connectivity index (χ1) is 32.4. The van der Waals surface area contributed by atoms with Crippen molar-refractivity contribution in [1.29, 1.82) is 0 Å². The quantitative estimate of drug-likeness (QED) is 0.0154. The molecular formula is C47H63N13O6S. The Kier molecular flexibility index (Phi) is 20.5. The molecule has 67 heavy (non-hydrogen) atoms. The molecule has 9 N–H and O–H groups in total. The molecule has 20 heteroatoms. The van der Waals surface area contributed by atoms with Gasteiger partial charge in [0.25, 0.3) is 0 Å². The molecule has 0 radical (unpaired) electrons. The van der Waals surface area contributed by atoms with Crippen molar-refractivity contribution < 1.29 is 28.8 Å². The molecule has 358 valence electrons. The van der Waals surface area contributed by atoms with Gasteiger partial charge in [0.2, 0.25) is 35.4 Å². The van der Waals surface area contributed by atoms with Crippen LogP contribution in [-0.2, 0) is 48.2 Å². The van der Waals surface area contributed by atoms with E-state index in [9.17, 15) is 28.8 Å². The number of benzene rings is 2. The zero-order valence-corrected chi connectivity index (χ0v) is 38.9. The summed E-state index contributed by atoms with van der Waals surface area (Å²) in [4.78, 5) is 103. The van der Waals surface area contributed by atoms with E-state index in [1.54, 1.807) is 24.5 Å². The number of thiol groups is 1. The van der Waals surface area contributed by atoms with Crippen molar-refractivity contribution in [3.63, 3.8) is 0 Å². The van der Waals surface area contributed by atoms with Crippen LogP contribution < -0.4 is 27.4 Å². The molecule has 0 aliphatic carbocycles. The number of fused-ring (bicyclic) bond motifs is 2. The van der Waals surface area contributed by atoms with Gasteiger partial charge >= 0.3 is 0 Å². The summed E-state index contributed by atoms with van der Waals surface area (Å²) in [6, 6.07) is 19.1. The topological polar surface area (TPSA) is 260 Å². The van der Waals surface area contributed by atoms with Gasteiger partial charge in [0.05, 0.1) is 39.3 Å². The zero-order chi connectivity index (χ0) is 48.0. The average Bonchev–Trinajstić information content (AvgIpc) is 3.95. The fourth-order valence-corrected chi connectivity index (χ4v) is 7.54. The molecule has 19 nitrogen and oxygen atoms in total. The van der Waals surface area contributed by atoms with E-state index in [1.807, 2.05) is 67.8 Å². The Balaban J connectivity index is 1.32. The third-order valence-corrected chi connectivity index (χ3v) is 11.2. The van der Waals surface area contributed by atoms with E-state index in [4.69, 9.17) is 11.5 Å². The molecule has 5 rings (SSSR count). The van der Waals surface area contributed by atoms with Crippen LogP contribution in [0.25, 0.3) is 21.8 Å². The number of carbonyl (C=O) groups excluding carboxylic acids is 6. The fourth-order valence-electron chi connectivity index (χ4n) is 7.43. The summed E-state index contributed by atoms with van der Waals surface area (Å²) in [5.74, 6) is -2.54. The van der Waals surface area contributed by atoms with Crippen molar-refractivity contribution in [3.8, 4) is 0 Å². The van der Waals surface area contributed by atoms with Crippen LogP contribution in [0.5, 0.6) is 0 Å². The summed E-state index contributed by atoms with van der Waals surface area (Å²) in [7, 11) is 0. The zero-order valence-electron chi connectivity index (χ0n) is 38.0. The third kappa shape index (κ3) is 16.5. The summed E-state index contributed by atoms with van der Waals surface area (Å²) in [6.45, 7) is 1.70. The van der Waals surface area contributed by atoms with Gasteiger partial charge in [0.1, 0.15) is 0 Å². The first kappa shape index (κ1) is 51.1. The number of rotatable bonds is 28. The molecule has 0 saturated heterocycles. The van der Waals surface area contributed by atoms with Gasteiger partial charge in [-0.15, -0.1) is 0 Å². The van der Waals surface area contributed by atoms with Crippen LogP contribution in [0.4, 0.5) is 0 Å². The van der Waals surface area contributed by atoms with E-state index >= 15 is 0 Å². The van der Waals surface area contributed by atoms with E-state index in [0.29, 0.717) is 37.2 Å². The van der Waals surface area contributed by atoms with Crippen molar-refractivity contribution in [2.75, 3.05) is 84.3 Å². The van der Waals surface area contributed by atoms with Crippen molar-refractivity contribution in [2.24, 2.45) is 16.5 Å². The monoisotopic (exact) mass is 937 g/mol. The maximum Gasteiger partial charge on any atom is 0.242 e. The highest BCUT2D eigenvalue weighted by molar-refractivity contribution is 7.80. The second-order valence-corrected chi connectivity index (χ2v) is 16.4. The second-order valence-electron chi connectivity index (χ2n) is 16.0. The number of hydrogen-bond acceptors (Lipinski definition) is 10. The molecule has 0 aliphatic rings. The SMILES string of the molecule is CCCNCC(=O)N(CCc1c[nH]c2ccccc12)CC(=O)NCC(=O)N(CCCN=C(N)N)CC(=O)N(CCc1c[nH]c2ccccc12)CC(=O)N(CC(=O)NCCS)Cc1cccnc1. The summed E-state index contributed by atoms with van der Waals surface area (Å²) in [6.07, 6.45) is 8.92. The number of aliphatic imine (C=N–C) groups is 1. The van der Waals surface area contributed by atoms with Gasteiger partial charge in [-0.2, -0.15) is 12.6 Å². The number of pyridine rings is 1. The summed E-state index contributed by atoms with van der Waals surface area (Å²) in [5, 5.41) is 10.5. The summed E-state index contributed by atoms with van der Waals surface area (Å²) >= 11 is 4.17. The molecular weight excluding hydrogens is 875 g/mol. The van der Waals surface area contributed by atoms with Crippen molar-refractivity contribution in [2.45, 2.75) is 39.2 Å². The van der Waals surface area contributed by atoms with Gasteiger partial charge in [-0.3, -0.25) is 38.7 Å². The normalized spacial score (nSPS) is 11.0. The number of nitrogens with two attached hydrogens (primary N) is 2. The smallest absolute Gasteiger partial charge is 0.242 e. The van der Waals surface area contributed by atoms with Crippen LogP contribution in [0, 0.1) is 0 Å². The van der Waals surface area contributed by atoms with E-state index in [-0.39, 0.29) is 70.6 Å². The first-order valence-corrected chi connectivity index (χ1v) is 23.1. The fraction of sp³-hybridized carbons (Fsp3) is 0.404. The minimum atomic E-state index is -0.574. The van der Waals surface area contributed by atoms with Gasteiger partial charge in [0.15, 0.2) is 5.96 Å². The van der Waals surface area contributed by atoms with Crippen LogP contribution in [0.15, 0.2) is 90.4 Å². The Morgan fingerprint density at radius 2 is 1.24 bits per heavy atom. The average molecular weight is 938 g/mol. The summed E-state index contributed by atoms with van der Waals surface area (Å²) < 4.78 is 0. The van der Waals surface area contributed by atoms with E-state index in [1.165, 1.54) is 19.6 Å². The van der Waals surface area contributed by atoms with E-state index < -0.39 is 49.2 Å². The number of aromatic nitrogens is 3. The predicted molar refractivity (Wildman–Crippen MR) is 262 cm³/mol. The molecule has 0 spiro atoms. The van der Waals surface area contributed by atoms with Crippen LogP contribution >= 0.6 is 12.6 Å². The number of guanidine groups is 1. The number of nitrogens with zero attached hydrogens (tertiary/aromatic N) is 6. The molecule has 3 aromatic heterocycles. The molecule has 5 aromatic rings. The lowest BCUT2D eigenvalue weighted by Crippen LogP contribution is -2.51. The molecule has 6 amide bonds. The number of para-hydroxylation sites is 2. The number of nitrogens with one attached hydrogen (secondary N) is 5. The molecule has 2 aromatic carbocycles.